The summed E-state index contributed by atoms with van der Waals surface area (Å²) < 4.78 is 34.4. The second-order valence-corrected chi connectivity index (χ2v) is 8.49. The molecule has 0 aliphatic carbocycles. The van der Waals surface area contributed by atoms with Gasteiger partial charge in [-0.3, -0.25) is 0 Å². The Balaban J connectivity index is 1.30. The monoisotopic (exact) mass is 426 g/mol. The highest BCUT2D eigenvalue weighted by Crippen LogP contribution is 2.39. The van der Waals surface area contributed by atoms with Gasteiger partial charge in [0.25, 0.3) is 0 Å². The van der Waals surface area contributed by atoms with Crippen LogP contribution >= 0.6 is 0 Å². The lowest BCUT2D eigenvalue weighted by molar-refractivity contribution is -0.131. The molecule has 2 aromatic carbocycles. The molecule has 0 saturated carbocycles. The second kappa shape index (κ2) is 9.37. The summed E-state index contributed by atoms with van der Waals surface area (Å²) in [4.78, 5) is 0. The molecule has 1 fully saturated rings. The van der Waals surface area contributed by atoms with Gasteiger partial charge >= 0.3 is 0 Å². The first-order valence-electron chi connectivity index (χ1n) is 11.3. The Morgan fingerprint density at radius 2 is 1.45 bits per heavy atom. The molecule has 5 rings (SSSR count). The third kappa shape index (κ3) is 4.60. The van der Waals surface area contributed by atoms with Crippen molar-refractivity contribution in [3.8, 4) is 23.0 Å². The second-order valence-electron chi connectivity index (χ2n) is 8.49. The number of rotatable bonds is 9. The third-order valence-electron chi connectivity index (χ3n) is 6.30. The van der Waals surface area contributed by atoms with Crippen molar-refractivity contribution in [2.24, 2.45) is 11.8 Å². The van der Waals surface area contributed by atoms with Crippen LogP contribution in [0.25, 0.3) is 0 Å². The van der Waals surface area contributed by atoms with E-state index < -0.39 is 0 Å². The molecule has 6 heteroatoms. The van der Waals surface area contributed by atoms with Gasteiger partial charge in [0.2, 0.25) is 13.6 Å². The molecule has 0 N–H and O–H groups in total. The number of unbranched alkanes of at least 4 members (excludes halogenated alkanes) is 2. The Morgan fingerprint density at radius 3 is 2.13 bits per heavy atom. The van der Waals surface area contributed by atoms with Crippen molar-refractivity contribution in [2.75, 3.05) is 26.8 Å². The van der Waals surface area contributed by atoms with E-state index in [4.69, 9.17) is 28.4 Å². The first-order chi connectivity index (χ1) is 15.3. The summed E-state index contributed by atoms with van der Waals surface area (Å²) in [5, 5.41) is 0. The van der Waals surface area contributed by atoms with Gasteiger partial charge in [-0.25, -0.2) is 0 Å². The van der Waals surface area contributed by atoms with Gasteiger partial charge in [0.1, 0.15) is 0 Å². The van der Waals surface area contributed by atoms with Gasteiger partial charge in [-0.05, 0) is 60.6 Å². The molecular weight excluding hydrogens is 396 g/mol. The fraction of sp³-hybridized carbons (Fsp3) is 0.520. The van der Waals surface area contributed by atoms with Crippen LogP contribution in [0.15, 0.2) is 36.4 Å². The van der Waals surface area contributed by atoms with E-state index in [0.29, 0.717) is 26.1 Å². The van der Waals surface area contributed by atoms with Crippen LogP contribution in [0, 0.1) is 11.8 Å². The predicted molar refractivity (Wildman–Crippen MR) is 115 cm³/mol. The van der Waals surface area contributed by atoms with Crippen molar-refractivity contribution in [3.63, 3.8) is 0 Å². The molecule has 166 valence electrons. The van der Waals surface area contributed by atoms with Crippen LogP contribution < -0.4 is 18.9 Å². The molecule has 3 aliphatic heterocycles. The smallest absolute Gasteiger partial charge is 0.231 e. The van der Waals surface area contributed by atoms with Crippen molar-refractivity contribution < 1.29 is 28.4 Å². The van der Waals surface area contributed by atoms with Gasteiger partial charge < -0.3 is 28.4 Å². The van der Waals surface area contributed by atoms with Crippen LogP contribution in [-0.4, -0.2) is 33.1 Å². The fourth-order valence-corrected chi connectivity index (χ4v) is 4.60. The summed E-state index contributed by atoms with van der Waals surface area (Å²) >= 11 is 0. The molecule has 0 amide bonds. The van der Waals surface area contributed by atoms with E-state index in [1.165, 1.54) is 24.0 Å². The quantitative estimate of drug-likeness (QED) is 0.541. The van der Waals surface area contributed by atoms with Crippen molar-refractivity contribution >= 4 is 0 Å². The van der Waals surface area contributed by atoms with E-state index in [-0.39, 0.29) is 12.2 Å². The SMILES string of the molecule is CCCCCOC1OCC(Cc2ccc3c(c2)OCO3)C1Cc1ccc2c(c1)OCO2. The van der Waals surface area contributed by atoms with Crippen LogP contribution in [0.3, 0.4) is 0 Å². The molecular formula is C25H30O6. The average Bonchev–Trinajstić information content (AvgIpc) is 3.52. The molecule has 1 saturated heterocycles. The van der Waals surface area contributed by atoms with Crippen LogP contribution in [0.5, 0.6) is 23.0 Å². The van der Waals surface area contributed by atoms with Crippen molar-refractivity contribution in [1.82, 2.24) is 0 Å². The van der Waals surface area contributed by atoms with E-state index in [0.717, 1.165) is 48.9 Å². The molecule has 2 aromatic rings. The largest absolute Gasteiger partial charge is 0.454 e. The van der Waals surface area contributed by atoms with Crippen LogP contribution in [0.4, 0.5) is 0 Å². The highest BCUT2D eigenvalue weighted by atomic mass is 16.7. The highest BCUT2D eigenvalue weighted by Gasteiger charge is 2.38. The Bertz CT molecular complexity index is 898. The summed E-state index contributed by atoms with van der Waals surface area (Å²) in [6.07, 6.45) is 5.05. The maximum absolute atomic E-state index is 6.20. The lowest BCUT2D eigenvalue weighted by atomic mass is 9.84. The number of ether oxygens (including phenoxy) is 6. The molecule has 3 unspecified atom stereocenters. The van der Waals surface area contributed by atoms with Gasteiger partial charge in [-0.15, -0.1) is 0 Å². The summed E-state index contributed by atoms with van der Waals surface area (Å²) in [6, 6.07) is 12.4. The number of fused-ring (bicyclic) bond motifs is 2. The number of hydrogen-bond donors (Lipinski definition) is 0. The number of hydrogen-bond acceptors (Lipinski definition) is 6. The minimum Gasteiger partial charge on any atom is -0.454 e. The van der Waals surface area contributed by atoms with Crippen LogP contribution in [0.2, 0.25) is 0 Å². The van der Waals surface area contributed by atoms with Crippen molar-refractivity contribution in [3.05, 3.63) is 47.5 Å². The van der Waals surface area contributed by atoms with Crippen LogP contribution in [0.1, 0.15) is 37.3 Å². The zero-order chi connectivity index (χ0) is 21.0. The molecule has 6 nitrogen and oxygen atoms in total. The molecule has 0 bridgehead atoms. The molecule has 3 aliphatic rings. The molecule has 3 atom stereocenters. The van der Waals surface area contributed by atoms with Gasteiger partial charge in [0.05, 0.1) is 6.61 Å². The lowest BCUT2D eigenvalue weighted by Gasteiger charge is -2.23. The first-order valence-corrected chi connectivity index (χ1v) is 11.3. The lowest BCUT2D eigenvalue weighted by Crippen LogP contribution is -2.27. The molecule has 0 aromatic heterocycles. The van der Waals surface area contributed by atoms with E-state index in [1.807, 2.05) is 12.1 Å². The molecule has 0 radical (unpaired) electrons. The van der Waals surface area contributed by atoms with Gasteiger partial charge in [-0.1, -0.05) is 31.9 Å². The van der Waals surface area contributed by atoms with Gasteiger partial charge in [-0.2, -0.15) is 0 Å². The van der Waals surface area contributed by atoms with Gasteiger partial charge in [0, 0.05) is 12.5 Å². The van der Waals surface area contributed by atoms with E-state index >= 15 is 0 Å². The Hall–Kier alpha value is -2.44. The minimum atomic E-state index is -0.179. The molecule has 0 spiro atoms. The minimum absolute atomic E-state index is 0.179. The van der Waals surface area contributed by atoms with E-state index in [9.17, 15) is 0 Å². The maximum atomic E-state index is 6.20. The topological polar surface area (TPSA) is 55.4 Å². The summed E-state index contributed by atoms with van der Waals surface area (Å²) in [5.74, 6) is 3.92. The predicted octanol–water partition coefficient (Wildman–Crippen LogP) is 4.72. The Kier molecular flexibility index (Phi) is 6.18. The summed E-state index contributed by atoms with van der Waals surface area (Å²) in [5.41, 5.74) is 2.46. The maximum Gasteiger partial charge on any atom is 0.231 e. The first kappa shape index (κ1) is 20.5. The van der Waals surface area contributed by atoms with Crippen molar-refractivity contribution in [1.29, 1.82) is 0 Å². The highest BCUT2D eigenvalue weighted by molar-refractivity contribution is 5.45. The van der Waals surface area contributed by atoms with Crippen LogP contribution in [-0.2, 0) is 22.3 Å². The normalized spacial score (nSPS) is 23.5. The summed E-state index contributed by atoms with van der Waals surface area (Å²) in [6.45, 7) is 4.23. The zero-order valence-electron chi connectivity index (χ0n) is 18.0. The van der Waals surface area contributed by atoms with E-state index in [1.54, 1.807) is 0 Å². The molecule has 31 heavy (non-hydrogen) atoms. The number of benzene rings is 2. The third-order valence-corrected chi connectivity index (χ3v) is 6.30. The Morgan fingerprint density at radius 1 is 0.806 bits per heavy atom. The van der Waals surface area contributed by atoms with Crippen molar-refractivity contribution in [2.45, 2.75) is 45.3 Å². The van der Waals surface area contributed by atoms with Gasteiger partial charge in [0.15, 0.2) is 29.3 Å². The average molecular weight is 427 g/mol. The Labute approximate surface area is 183 Å². The zero-order valence-corrected chi connectivity index (χ0v) is 18.0. The molecule has 3 heterocycles. The fourth-order valence-electron chi connectivity index (χ4n) is 4.60. The standard InChI is InChI=1S/C25H30O6/c1-2-3-4-9-26-25-20(11-18-6-8-22-24(13-18)31-16-29-22)19(14-27-25)10-17-5-7-21-23(12-17)30-15-28-21/h5-8,12-13,19-20,25H,2-4,9-11,14-16H2,1H3. The van der Waals surface area contributed by atoms with E-state index in [2.05, 4.69) is 31.2 Å². The summed E-state index contributed by atoms with van der Waals surface area (Å²) in [7, 11) is 0.